The van der Waals surface area contributed by atoms with Gasteiger partial charge in [-0.05, 0) is 41.3 Å². The normalized spacial score (nSPS) is 14.3. The first-order valence-corrected chi connectivity index (χ1v) is 24.7. The molecule has 0 aliphatic heterocycles. The third kappa shape index (κ3) is 21.3. The van der Waals surface area contributed by atoms with E-state index in [1.807, 2.05) is 0 Å². The predicted octanol–water partition coefficient (Wildman–Crippen LogP) is -4.29. The molecule has 0 bridgehead atoms. The van der Waals surface area contributed by atoms with Gasteiger partial charge in [0.25, 0.3) is 0 Å². The summed E-state index contributed by atoms with van der Waals surface area (Å²) in [6, 6.07) is 17.1. The van der Waals surface area contributed by atoms with Crippen molar-refractivity contribution >= 4 is 65.0 Å². The second-order valence-electron chi connectivity index (χ2n) is 18.3. The Kier molecular flexibility index (Phi) is 24.5. The molecule has 0 aliphatic rings. The maximum Gasteiger partial charge on any atom is 0.326 e. The number of amides is 10. The van der Waals surface area contributed by atoms with Gasteiger partial charge in [0.05, 0.1) is 38.1 Å². The first-order chi connectivity index (χ1) is 37.5. The molecule has 0 fully saturated rings. The molecule has 0 aromatic heterocycles. The number of carbonyl (C=O) groups is 11. The minimum absolute atomic E-state index is 0.125. The second-order valence-corrected chi connectivity index (χ2v) is 18.3. The van der Waals surface area contributed by atoms with Crippen molar-refractivity contribution in [1.29, 1.82) is 0 Å². The van der Waals surface area contributed by atoms with Crippen LogP contribution in [0, 0.1) is 0 Å². The van der Waals surface area contributed by atoms with Crippen molar-refractivity contribution in [2.45, 2.75) is 99.9 Å². The van der Waals surface area contributed by atoms with E-state index in [1.54, 1.807) is 91.0 Å². The van der Waals surface area contributed by atoms with Gasteiger partial charge in [0.15, 0.2) is 0 Å². The van der Waals surface area contributed by atoms with E-state index in [2.05, 4.69) is 42.5 Å². The van der Waals surface area contributed by atoms with Crippen LogP contribution in [0.15, 0.2) is 115 Å². The molecular weight excluding hydrogens is 1030 g/mol. The zero-order chi connectivity index (χ0) is 58.2. The summed E-state index contributed by atoms with van der Waals surface area (Å²) < 4.78 is 0. The maximum atomic E-state index is 14.5. The minimum Gasteiger partial charge on any atom is -0.508 e. The summed E-state index contributed by atoms with van der Waals surface area (Å²) >= 11 is 0. The van der Waals surface area contributed by atoms with Gasteiger partial charge in [0, 0.05) is 25.7 Å². The number of aromatic hydroxyl groups is 1. The van der Waals surface area contributed by atoms with Crippen LogP contribution in [-0.4, -0.2) is 153 Å². The molecule has 0 radical (unpaired) electrons. The van der Waals surface area contributed by atoms with Crippen LogP contribution in [0.25, 0.3) is 0 Å². The van der Waals surface area contributed by atoms with E-state index < -0.39 is 145 Å². The summed E-state index contributed by atoms with van der Waals surface area (Å²) in [5.74, 6) is -11.9. The number of carboxylic acid groups (broad SMARTS) is 1. The number of rotatable bonds is 31. The van der Waals surface area contributed by atoms with Crippen molar-refractivity contribution in [3.05, 3.63) is 138 Å². The summed E-state index contributed by atoms with van der Waals surface area (Å²) in [5, 5.41) is 59.6. The fourth-order valence-electron chi connectivity index (χ4n) is 7.71. The van der Waals surface area contributed by atoms with Gasteiger partial charge >= 0.3 is 5.97 Å². The van der Waals surface area contributed by atoms with E-state index in [4.69, 9.17) is 17.2 Å². The molecule has 9 atom stereocenters. The third-order valence-corrected chi connectivity index (χ3v) is 11.9. The van der Waals surface area contributed by atoms with E-state index in [0.717, 1.165) is 6.92 Å². The second kappa shape index (κ2) is 31.1. The Morgan fingerprint density at radius 2 is 0.823 bits per heavy atom. The minimum atomic E-state index is -1.83. The Bertz CT molecular complexity index is 2760. The number of primary amides is 2. The van der Waals surface area contributed by atoms with Crippen LogP contribution in [-0.2, 0) is 78.4 Å². The van der Waals surface area contributed by atoms with Crippen LogP contribution in [0.4, 0.5) is 0 Å². The number of phenolic OH excluding ortho intramolecular Hbond substituents is 1. The zero-order valence-electron chi connectivity index (χ0n) is 42.8. The van der Waals surface area contributed by atoms with E-state index in [0.29, 0.717) is 22.3 Å². The summed E-state index contributed by atoms with van der Waals surface area (Å²) in [5.41, 5.74) is 18.2. The predicted molar refractivity (Wildman–Crippen MR) is 281 cm³/mol. The Hall–Kier alpha value is -9.27. The number of nitrogens with two attached hydrogens (primary N) is 3. The molecule has 0 saturated heterocycles. The Morgan fingerprint density at radius 3 is 1.24 bits per heavy atom. The Morgan fingerprint density at radius 1 is 0.456 bits per heavy atom. The van der Waals surface area contributed by atoms with Crippen molar-refractivity contribution in [3.8, 4) is 5.75 Å². The summed E-state index contributed by atoms with van der Waals surface area (Å²) in [4.78, 5) is 145. The molecule has 0 saturated carbocycles. The van der Waals surface area contributed by atoms with Crippen LogP contribution >= 0.6 is 0 Å². The highest BCUT2D eigenvalue weighted by atomic mass is 16.4. The Balaban J connectivity index is 1.58. The monoisotopic (exact) mass is 1100 g/mol. The van der Waals surface area contributed by atoms with Crippen LogP contribution in [0.3, 0.4) is 0 Å². The van der Waals surface area contributed by atoms with E-state index in [9.17, 15) is 73.2 Å². The number of aliphatic hydroxyl groups excluding tert-OH is 2. The number of benzene rings is 4. The highest BCUT2D eigenvalue weighted by Gasteiger charge is 2.36. The van der Waals surface area contributed by atoms with Gasteiger partial charge in [0.1, 0.15) is 48.0 Å². The molecule has 4 aromatic rings. The number of nitrogens with one attached hydrogen (secondary N) is 8. The molecule has 0 heterocycles. The molecule has 0 unspecified atom stereocenters. The molecule has 4 aromatic carbocycles. The summed E-state index contributed by atoms with van der Waals surface area (Å²) in [6.07, 6.45) is -3.94. The molecule has 10 amide bonds. The van der Waals surface area contributed by atoms with Crippen molar-refractivity contribution in [1.82, 2.24) is 42.5 Å². The molecule has 18 N–H and O–H groups in total. The average molecular weight is 1100 g/mol. The van der Waals surface area contributed by atoms with Gasteiger partial charge in [-0.1, -0.05) is 103 Å². The number of aliphatic hydroxyl groups is 2. The molecule has 26 nitrogen and oxygen atoms in total. The summed E-state index contributed by atoms with van der Waals surface area (Å²) in [7, 11) is 0. The highest BCUT2D eigenvalue weighted by molar-refractivity contribution is 5.99. The van der Waals surface area contributed by atoms with Gasteiger partial charge in [-0.2, -0.15) is 0 Å². The number of hydrogen-bond acceptors (Lipinski definition) is 15. The van der Waals surface area contributed by atoms with Crippen molar-refractivity contribution in [2.75, 3.05) is 13.2 Å². The van der Waals surface area contributed by atoms with Gasteiger partial charge in [-0.3, -0.25) is 47.9 Å². The molecular formula is C53H65N11O15. The molecule has 0 aliphatic carbocycles. The number of aliphatic carboxylic acids is 1. The fraction of sp³-hybridized carbons (Fsp3) is 0.340. The van der Waals surface area contributed by atoms with E-state index in [1.165, 1.54) is 24.3 Å². The van der Waals surface area contributed by atoms with Crippen molar-refractivity contribution in [2.24, 2.45) is 17.2 Å². The lowest BCUT2D eigenvalue weighted by Crippen LogP contribution is -2.62. The fourth-order valence-corrected chi connectivity index (χ4v) is 7.71. The van der Waals surface area contributed by atoms with E-state index >= 15 is 0 Å². The van der Waals surface area contributed by atoms with Crippen molar-refractivity contribution < 1.29 is 73.2 Å². The van der Waals surface area contributed by atoms with Gasteiger partial charge in [0.2, 0.25) is 59.1 Å². The van der Waals surface area contributed by atoms with Gasteiger partial charge < -0.3 is 80.2 Å². The third-order valence-electron chi connectivity index (χ3n) is 11.9. The molecule has 422 valence electrons. The number of carbonyl (C=O) groups excluding carboxylic acids is 10. The number of phenols is 1. The van der Waals surface area contributed by atoms with Crippen molar-refractivity contribution in [3.63, 3.8) is 0 Å². The van der Waals surface area contributed by atoms with Gasteiger partial charge in [-0.25, -0.2) is 4.79 Å². The van der Waals surface area contributed by atoms with Crippen LogP contribution < -0.4 is 59.7 Å². The molecule has 0 spiro atoms. The van der Waals surface area contributed by atoms with Crippen LogP contribution in [0.5, 0.6) is 5.75 Å². The first-order valence-electron chi connectivity index (χ1n) is 24.7. The molecule has 4 rings (SSSR count). The smallest absolute Gasteiger partial charge is 0.326 e. The Labute approximate surface area is 453 Å². The lowest BCUT2D eigenvalue weighted by atomic mass is 10.0. The number of hydrogen-bond donors (Lipinski definition) is 15. The SMILES string of the molecule is C[C@@H](O)[C@H](NC(=O)[C@H](CO)NC(=O)[C@H](Cc1ccccc1)NC(=O)[C@H](Cc1ccccc1)NC(=O)[C@H](CC(N)=O)NC(=O)[C@H](Cc1ccc(O)cc1)NC(=O)CNC(=O)[C@@H](N)CC(N)=O)C(=O)N[C@@H](Cc1ccccc1)C(=O)O. The quantitative estimate of drug-likeness (QED) is 0.0227. The zero-order valence-corrected chi connectivity index (χ0v) is 42.8. The largest absolute Gasteiger partial charge is 0.508 e. The number of carboxylic acids is 1. The average Bonchev–Trinajstić information content (AvgIpc) is 3.41. The lowest BCUT2D eigenvalue weighted by Gasteiger charge is -2.28. The summed E-state index contributed by atoms with van der Waals surface area (Å²) in [6.45, 7) is -0.675. The lowest BCUT2D eigenvalue weighted by molar-refractivity contribution is -0.143. The topological polar surface area (TPSA) is 443 Å². The van der Waals surface area contributed by atoms with Gasteiger partial charge in [-0.15, -0.1) is 0 Å². The molecule has 26 heteroatoms. The first kappa shape index (κ1) is 62.3. The molecule has 79 heavy (non-hydrogen) atoms. The van der Waals surface area contributed by atoms with E-state index in [-0.39, 0.29) is 31.4 Å². The van der Waals surface area contributed by atoms with Crippen LogP contribution in [0.1, 0.15) is 42.0 Å². The maximum absolute atomic E-state index is 14.5. The standard InChI is InChI=1S/C53H65N11O15/c1-29(66)45(52(77)62-40(53(78)79)24-32-15-9-4-10-16-32)64-51(76)41(28-65)63-49(74)38(22-31-13-7-3-8-14-31)59-48(73)37(21-30-11-5-2-6-12-30)60-50(75)39(26-43(56)69)61-47(72)36(23-33-17-19-34(67)20-18-33)58-44(70)27-57-46(71)35(54)25-42(55)68/h2-20,29,35-41,45,65-67H,21-28,54H2,1H3,(H2,55,68)(H2,56,69)(H,57,71)(H,58,70)(H,59,73)(H,60,75)(H,61,72)(H,62,77)(H,63,74)(H,64,76)(H,78,79)/t29-,35+,36+,37+,38+,39+,40+,41+,45+/m1/s1. The van der Waals surface area contributed by atoms with Crippen LogP contribution in [0.2, 0.25) is 0 Å². The highest BCUT2D eigenvalue weighted by Crippen LogP contribution is 2.13.